The second-order valence-corrected chi connectivity index (χ2v) is 12.1. The molecule has 0 radical (unpaired) electrons. The minimum Gasteiger partial charge on any atom is -0.492 e. The number of ether oxygens (including phenoxy) is 2. The van der Waals surface area contributed by atoms with Gasteiger partial charge in [-0.3, -0.25) is 14.5 Å². The molecule has 1 unspecified atom stereocenters. The number of carbonyl (C=O) groups excluding carboxylic acids is 1. The Balaban J connectivity index is 0.000000292. The highest BCUT2D eigenvalue weighted by molar-refractivity contribution is 7.16. The summed E-state index contributed by atoms with van der Waals surface area (Å²) in [7, 11) is 4.93. The van der Waals surface area contributed by atoms with Gasteiger partial charge in [0.25, 0.3) is 0 Å². The van der Waals surface area contributed by atoms with Crippen LogP contribution in [-0.2, 0) is 16.1 Å². The van der Waals surface area contributed by atoms with Crippen molar-refractivity contribution in [3.63, 3.8) is 0 Å². The van der Waals surface area contributed by atoms with Crippen LogP contribution in [0.5, 0.6) is 5.75 Å². The van der Waals surface area contributed by atoms with Gasteiger partial charge in [0, 0.05) is 56.9 Å². The second kappa shape index (κ2) is 20.8. The zero-order valence-electron chi connectivity index (χ0n) is 28.4. The number of carboxylic acid groups (broad SMARTS) is 1. The molecule has 0 spiro atoms. The highest BCUT2D eigenvalue weighted by atomic mass is 35.5. The first kappa shape index (κ1) is 39.8. The minimum absolute atomic E-state index is 0.0687. The third kappa shape index (κ3) is 11.7. The monoisotopic (exact) mass is 694 g/mol. The molecule has 2 saturated heterocycles. The number of likely N-dealkylation sites (tertiary alicyclic amines) is 1. The average molecular weight is 695 g/mol. The number of nitrogens with one attached hydrogen (secondary N) is 1. The highest BCUT2D eigenvalue weighted by Gasteiger charge is 2.26. The number of methoxy groups -OCH3 is 2. The molecule has 14 heteroatoms. The summed E-state index contributed by atoms with van der Waals surface area (Å²) in [6, 6.07) is 3.72. The van der Waals surface area contributed by atoms with Crippen molar-refractivity contribution in [1.82, 2.24) is 19.9 Å². The van der Waals surface area contributed by atoms with Gasteiger partial charge in [-0.25, -0.2) is 19.3 Å². The van der Waals surface area contributed by atoms with E-state index in [4.69, 9.17) is 21.4 Å². The van der Waals surface area contributed by atoms with Gasteiger partial charge in [-0.15, -0.1) is 11.3 Å². The molecule has 2 aromatic heterocycles. The lowest BCUT2D eigenvalue weighted by molar-refractivity contribution is -0.142. The van der Waals surface area contributed by atoms with Crippen molar-refractivity contribution in [2.24, 2.45) is 5.92 Å². The van der Waals surface area contributed by atoms with E-state index in [9.17, 15) is 14.0 Å². The van der Waals surface area contributed by atoms with E-state index in [1.165, 1.54) is 32.2 Å². The molecule has 1 aromatic carbocycles. The maximum atomic E-state index is 14.2. The zero-order chi connectivity index (χ0) is 34.9. The van der Waals surface area contributed by atoms with Gasteiger partial charge in [-0.05, 0) is 58.2 Å². The molecule has 4 heterocycles. The molecular weight excluding hydrogens is 647 g/mol. The van der Waals surface area contributed by atoms with Gasteiger partial charge in [0.05, 0.1) is 36.1 Å². The molecule has 3 aromatic rings. The van der Waals surface area contributed by atoms with E-state index < -0.39 is 11.8 Å². The molecule has 11 nitrogen and oxygen atoms in total. The molecule has 0 aliphatic carbocycles. The number of rotatable bonds is 9. The third-order valence-electron chi connectivity index (χ3n) is 7.66. The van der Waals surface area contributed by atoms with Gasteiger partial charge in [0.2, 0.25) is 0 Å². The van der Waals surface area contributed by atoms with E-state index in [2.05, 4.69) is 36.8 Å². The molecule has 5 rings (SSSR count). The number of hydrogen-bond donors (Lipinski definition) is 2. The lowest BCUT2D eigenvalue weighted by atomic mass is 9.97. The fourth-order valence-electron chi connectivity index (χ4n) is 5.01. The van der Waals surface area contributed by atoms with Crippen LogP contribution in [0.1, 0.15) is 68.7 Å². The summed E-state index contributed by atoms with van der Waals surface area (Å²) >= 11 is 7.76. The van der Waals surface area contributed by atoms with Crippen molar-refractivity contribution < 1.29 is 28.6 Å². The Morgan fingerprint density at radius 2 is 1.85 bits per heavy atom. The predicted octanol–water partition coefficient (Wildman–Crippen LogP) is 6.91. The first-order valence-corrected chi connectivity index (χ1v) is 17.0. The number of piperidine rings is 1. The number of aliphatic carboxylic acids is 1. The maximum Gasteiger partial charge on any atom is 0.306 e. The number of aromatic nitrogens is 3. The normalized spacial score (nSPS) is 16.1. The SMILES string of the molecule is CC.CCOC.CNc1nc(-c2cc(F)c(OC)c(Cl)c2)c(CN2CCCC2C)s1.O=Cc1cnc(N2CCC(C(=O)O)CC2)cn1. The molecule has 2 N–H and O–H groups in total. The van der Waals surface area contributed by atoms with Gasteiger partial charge < -0.3 is 24.8 Å². The lowest BCUT2D eigenvalue weighted by Gasteiger charge is -2.30. The molecule has 260 valence electrons. The largest absolute Gasteiger partial charge is 0.492 e. The van der Waals surface area contributed by atoms with E-state index in [1.807, 2.05) is 32.7 Å². The number of hydrogen-bond acceptors (Lipinski definition) is 11. The lowest BCUT2D eigenvalue weighted by Crippen LogP contribution is -2.36. The number of nitrogens with zero attached hydrogens (tertiary/aromatic N) is 5. The highest BCUT2D eigenvalue weighted by Crippen LogP contribution is 2.38. The quantitative estimate of drug-likeness (QED) is 0.227. The van der Waals surface area contributed by atoms with Crippen molar-refractivity contribution in [3.8, 4) is 17.0 Å². The number of carbonyl (C=O) groups is 2. The molecule has 2 aliphatic rings. The summed E-state index contributed by atoms with van der Waals surface area (Å²) in [5, 5.41) is 13.0. The number of aldehydes is 1. The van der Waals surface area contributed by atoms with Crippen LogP contribution in [0.3, 0.4) is 0 Å². The van der Waals surface area contributed by atoms with Crippen LogP contribution in [0.4, 0.5) is 15.3 Å². The summed E-state index contributed by atoms with van der Waals surface area (Å²) in [6.07, 6.45) is 7.29. The average Bonchev–Trinajstić information content (AvgIpc) is 3.71. The second-order valence-electron chi connectivity index (χ2n) is 10.6. The Morgan fingerprint density at radius 1 is 1.17 bits per heavy atom. The van der Waals surface area contributed by atoms with Crippen LogP contribution in [-0.4, -0.2) is 90.8 Å². The molecule has 0 amide bonds. The Kier molecular flexibility index (Phi) is 17.6. The number of thiazole rings is 1. The first-order valence-electron chi connectivity index (χ1n) is 15.8. The Bertz CT molecular complexity index is 1360. The van der Waals surface area contributed by atoms with Gasteiger partial charge in [0.15, 0.2) is 23.0 Å². The van der Waals surface area contributed by atoms with E-state index in [0.717, 1.165) is 35.4 Å². The Morgan fingerprint density at radius 3 is 2.32 bits per heavy atom. The van der Waals surface area contributed by atoms with Gasteiger partial charge in [-0.2, -0.15) is 0 Å². The Labute approximate surface area is 286 Å². The summed E-state index contributed by atoms with van der Waals surface area (Å²) in [5.41, 5.74) is 1.76. The minimum atomic E-state index is -0.730. The number of anilines is 2. The molecule has 1 atom stereocenters. The van der Waals surface area contributed by atoms with E-state index >= 15 is 0 Å². The Hall–Kier alpha value is -3.39. The summed E-state index contributed by atoms with van der Waals surface area (Å²) < 4.78 is 23.8. The van der Waals surface area contributed by atoms with Crippen LogP contribution in [0, 0.1) is 11.7 Å². The van der Waals surface area contributed by atoms with E-state index in [1.54, 1.807) is 30.7 Å². The topological polar surface area (TPSA) is 130 Å². The molecular formula is C33H48ClFN6O5S. The van der Waals surface area contributed by atoms with Crippen molar-refractivity contribution in [1.29, 1.82) is 0 Å². The van der Waals surface area contributed by atoms with Crippen LogP contribution in [0.25, 0.3) is 11.3 Å². The predicted molar refractivity (Wildman–Crippen MR) is 187 cm³/mol. The van der Waals surface area contributed by atoms with Crippen LogP contribution in [0.15, 0.2) is 24.5 Å². The number of carboxylic acids is 1. The summed E-state index contributed by atoms with van der Waals surface area (Å²) in [4.78, 5) is 39.5. The van der Waals surface area contributed by atoms with Crippen molar-refractivity contribution in [2.45, 2.75) is 66.0 Å². The van der Waals surface area contributed by atoms with Crippen LogP contribution in [0.2, 0.25) is 5.02 Å². The summed E-state index contributed by atoms with van der Waals surface area (Å²) in [5.74, 6) is -0.696. The molecule has 0 saturated carbocycles. The van der Waals surface area contributed by atoms with Gasteiger partial charge >= 0.3 is 5.97 Å². The zero-order valence-corrected chi connectivity index (χ0v) is 30.0. The standard InChI is InChI=1S/C17H21ClFN3OS.C11H13N3O3.C3H8O.C2H6/c1-10-5-4-6-22(10)9-14-15(21-17(20-2)24-14)11-7-12(18)16(23-3)13(19)8-11;15-7-9-5-13-10(6-12-9)14-3-1-8(2-4-14)11(16)17;1-3-4-2;1-2/h7-8,10H,4-6,9H2,1-3H3,(H,20,21);5-8H,1-4H2,(H,16,17);3H2,1-2H3;1-2H3. The molecule has 0 bridgehead atoms. The smallest absolute Gasteiger partial charge is 0.306 e. The van der Waals surface area contributed by atoms with E-state index in [-0.39, 0.29) is 16.7 Å². The van der Waals surface area contributed by atoms with Crippen molar-refractivity contribution in [2.75, 3.05) is 57.7 Å². The summed E-state index contributed by atoms with van der Waals surface area (Å²) in [6.45, 7) is 12.3. The fraction of sp³-hybridized carbons (Fsp3) is 0.545. The molecule has 2 aliphatic heterocycles. The van der Waals surface area contributed by atoms with Crippen molar-refractivity contribution >= 4 is 46.1 Å². The molecule has 47 heavy (non-hydrogen) atoms. The van der Waals surface area contributed by atoms with Crippen LogP contribution < -0.4 is 15.0 Å². The number of benzene rings is 1. The van der Waals surface area contributed by atoms with Crippen molar-refractivity contribution in [3.05, 3.63) is 45.9 Å². The number of halogens is 2. The fourth-order valence-corrected chi connectivity index (χ4v) is 6.25. The van der Waals surface area contributed by atoms with E-state index in [0.29, 0.717) is 55.3 Å². The van der Waals surface area contributed by atoms with Gasteiger partial charge in [-0.1, -0.05) is 25.4 Å². The van der Waals surface area contributed by atoms with Gasteiger partial charge in [0.1, 0.15) is 11.5 Å². The van der Waals surface area contributed by atoms with Crippen LogP contribution >= 0.6 is 22.9 Å². The maximum absolute atomic E-state index is 14.2. The first-order chi connectivity index (χ1) is 22.6. The molecule has 2 fully saturated rings. The third-order valence-corrected chi connectivity index (χ3v) is 9.00.